The average Bonchev–Trinajstić information content (AvgIpc) is 1.88. The van der Waals surface area contributed by atoms with Crippen LogP contribution in [-0.2, 0) is 0 Å². The molecule has 0 unspecified atom stereocenters. The molecule has 9 heavy (non-hydrogen) atoms. The second-order valence-electron chi connectivity index (χ2n) is 3.31. The van der Waals surface area contributed by atoms with Crippen molar-refractivity contribution >= 4 is 11.8 Å². The van der Waals surface area contributed by atoms with Crippen LogP contribution in [0.1, 0.15) is 32.1 Å². The molecule has 2 atom stereocenters. The summed E-state index contributed by atoms with van der Waals surface area (Å²) in [6.45, 7) is 0. The summed E-state index contributed by atoms with van der Waals surface area (Å²) in [4.78, 5) is 0. The van der Waals surface area contributed by atoms with Gasteiger partial charge in [0.15, 0.2) is 0 Å². The van der Waals surface area contributed by atoms with Crippen molar-refractivity contribution in [3.8, 4) is 0 Å². The van der Waals surface area contributed by atoms with E-state index in [0.29, 0.717) is 0 Å². The van der Waals surface area contributed by atoms with E-state index in [0.717, 1.165) is 11.2 Å². The molecule has 0 aromatic heterocycles. The Morgan fingerprint density at radius 3 is 2.89 bits per heavy atom. The van der Waals surface area contributed by atoms with Crippen molar-refractivity contribution in [2.45, 2.75) is 37.4 Å². The summed E-state index contributed by atoms with van der Waals surface area (Å²) in [6.07, 6.45) is 7.63. The number of rotatable bonds is 0. The molecule has 1 heteroatoms. The van der Waals surface area contributed by atoms with Crippen molar-refractivity contribution in [1.82, 2.24) is 0 Å². The Hall–Kier alpha value is 0.350. The topological polar surface area (TPSA) is 0 Å². The second-order valence-corrected chi connectivity index (χ2v) is 4.72. The fourth-order valence-electron chi connectivity index (χ4n) is 2.06. The SMILES string of the molecule is C1C[C@@H]2CCS[C@H](C1)C2. The van der Waals surface area contributed by atoms with Crippen LogP contribution in [0.15, 0.2) is 0 Å². The lowest BCUT2D eigenvalue weighted by Gasteiger charge is -2.33. The molecule has 2 fully saturated rings. The molecule has 0 radical (unpaired) electrons. The predicted octanol–water partition coefficient (Wildman–Crippen LogP) is 2.68. The fraction of sp³-hybridized carbons (Fsp3) is 1.00. The largest absolute Gasteiger partial charge is 0.159 e. The zero-order chi connectivity index (χ0) is 6.10. The Labute approximate surface area is 61.4 Å². The molecule has 2 aliphatic rings. The Kier molecular flexibility index (Phi) is 1.71. The van der Waals surface area contributed by atoms with Gasteiger partial charge in [0.05, 0.1) is 0 Å². The third-order valence-electron chi connectivity index (χ3n) is 2.61. The second kappa shape index (κ2) is 2.53. The minimum absolute atomic E-state index is 1.07. The monoisotopic (exact) mass is 142 g/mol. The van der Waals surface area contributed by atoms with Crippen LogP contribution in [0.3, 0.4) is 0 Å². The molecule has 52 valence electrons. The van der Waals surface area contributed by atoms with E-state index >= 15 is 0 Å². The highest BCUT2D eigenvalue weighted by atomic mass is 32.2. The summed E-state index contributed by atoms with van der Waals surface area (Å²) in [6, 6.07) is 0. The molecule has 0 N–H and O–H groups in total. The van der Waals surface area contributed by atoms with Gasteiger partial charge < -0.3 is 0 Å². The molecule has 2 rings (SSSR count). The third kappa shape index (κ3) is 1.26. The van der Waals surface area contributed by atoms with Crippen LogP contribution < -0.4 is 0 Å². The molecule has 0 aromatic rings. The Bertz CT molecular complexity index is 80.7. The number of hydrogen-bond acceptors (Lipinski definition) is 1. The van der Waals surface area contributed by atoms with Gasteiger partial charge in [-0.15, -0.1) is 0 Å². The van der Waals surface area contributed by atoms with Gasteiger partial charge in [0.1, 0.15) is 0 Å². The fourth-order valence-corrected chi connectivity index (χ4v) is 3.60. The van der Waals surface area contributed by atoms with Gasteiger partial charge in [-0.3, -0.25) is 0 Å². The zero-order valence-electron chi connectivity index (χ0n) is 5.81. The van der Waals surface area contributed by atoms with Crippen molar-refractivity contribution in [2.75, 3.05) is 5.75 Å². The Morgan fingerprint density at radius 2 is 2.11 bits per heavy atom. The lowest BCUT2D eigenvalue weighted by molar-refractivity contribution is 0.348. The Morgan fingerprint density at radius 1 is 1.11 bits per heavy atom. The van der Waals surface area contributed by atoms with Gasteiger partial charge in [-0.05, 0) is 30.9 Å². The van der Waals surface area contributed by atoms with E-state index in [-0.39, 0.29) is 0 Å². The van der Waals surface area contributed by atoms with E-state index in [2.05, 4.69) is 11.8 Å². The van der Waals surface area contributed by atoms with Gasteiger partial charge in [0, 0.05) is 5.25 Å². The highest BCUT2D eigenvalue weighted by Crippen LogP contribution is 2.39. The number of fused-ring (bicyclic) bond motifs is 2. The molecule has 0 aromatic carbocycles. The van der Waals surface area contributed by atoms with Crippen molar-refractivity contribution < 1.29 is 0 Å². The molecule has 0 amide bonds. The molecule has 0 spiro atoms. The lowest BCUT2D eigenvalue weighted by Crippen LogP contribution is -2.22. The zero-order valence-corrected chi connectivity index (χ0v) is 6.62. The van der Waals surface area contributed by atoms with Gasteiger partial charge >= 0.3 is 0 Å². The number of thioether (sulfide) groups is 1. The van der Waals surface area contributed by atoms with E-state index in [1.807, 2.05) is 0 Å². The first-order chi connectivity index (χ1) is 4.45. The average molecular weight is 142 g/mol. The van der Waals surface area contributed by atoms with Crippen molar-refractivity contribution in [2.24, 2.45) is 5.92 Å². The highest BCUT2D eigenvalue weighted by molar-refractivity contribution is 7.99. The van der Waals surface area contributed by atoms with Gasteiger partial charge in [0.25, 0.3) is 0 Å². The van der Waals surface area contributed by atoms with E-state index < -0.39 is 0 Å². The van der Waals surface area contributed by atoms with E-state index in [9.17, 15) is 0 Å². The van der Waals surface area contributed by atoms with Crippen LogP contribution in [0.4, 0.5) is 0 Å². The molecule has 1 saturated carbocycles. The predicted molar refractivity (Wildman–Crippen MR) is 42.8 cm³/mol. The molecular weight excluding hydrogens is 128 g/mol. The van der Waals surface area contributed by atoms with Crippen molar-refractivity contribution in [3.05, 3.63) is 0 Å². The van der Waals surface area contributed by atoms with Crippen LogP contribution in [0.2, 0.25) is 0 Å². The maximum absolute atomic E-state index is 2.22. The van der Waals surface area contributed by atoms with Crippen LogP contribution in [0.25, 0.3) is 0 Å². The van der Waals surface area contributed by atoms with Crippen LogP contribution in [-0.4, -0.2) is 11.0 Å². The number of hydrogen-bond donors (Lipinski definition) is 0. The first kappa shape index (κ1) is 6.09. The van der Waals surface area contributed by atoms with E-state index in [1.54, 1.807) is 6.42 Å². The molecule has 0 nitrogen and oxygen atoms in total. The lowest BCUT2D eigenvalue weighted by atomic mass is 9.87. The van der Waals surface area contributed by atoms with Gasteiger partial charge in [-0.2, -0.15) is 11.8 Å². The molecule has 2 bridgehead atoms. The minimum Gasteiger partial charge on any atom is -0.159 e. The van der Waals surface area contributed by atoms with Crippen LogP contribution in [0, 0.1) is 5.92 Å². The standard InChI is InChI=1S/C8H14S/c1-2-7-4-5-9-8(3-1)6-7/h7-8H,1-6H2/t7-,8-/m1/s1. The first-order valence-electron chi connectivity index (χ1n) is 4.07. The highest BCUT2D eigenvalue weighted by Gasteiger charge is 2.25. The maximum Gasteiger partial charge on any atom is 0.00496 e. The van der Waals surface area contributed by atoms with E-state index in [1.165, 1.54) is 31.4 Å². The third-order valence-corrected chi connectivity index (χ3v) is 3.99. The summed E-state index contributed by atoms with van der Waals surface area (Å²) < 4.78 is 0. The molecule has 1 aliphatic heterocycles. The van der Waals surface area contributed by atoms with Crippen LogP contribution in [0.5, 0.6) is 0 Å². The van der Waals surface area contributed by atoms with Gasteiger partial charge in [0.2, 0.25) is 0 Å². The van der Waals surface area contributed by atoms with Crippen LogP contribution >= 0.6 is 11.8 Å². The quantitative estimate of drug-likeness (QED) is 0.501. The first-order valence-corrected chi connectivity index (χ1v) is 5.11. The molecule has 1 aliphatic carbocycles. The van der Waals surface area contributed by atoms with Gasteiger partial charge in [-0.1, -0.05) is 12.8 Å². The van der Waals surface area contributed by atoms with Gasteiger partial charge in [-0.25, -0.2) is 0 Å². The molecular formula is C8H14S. The Balaban J connectivity index is 1.96. The van der Waals surface area contributed by atoms with Crippen molar-refractivity contribution in [3.63, 3.8) is 0 Å². The smallest absolute Gasteiger partial charge is 0.00496 e. The summed E-state index contributed by atoms with van der Waals surface area (Å²) in [5.41, 5.74) is 0. The maximum atomic E-state index is 2.22. The minimum atomic E-state index is 1.07. The summed E-state index contributed by atoms with van der Waals surface area (Å²) in [5, 5.41) is 1.07. The summed E-state index contributed by atoms with van der Waals surface area (Å²) >= 11 is 2.22. The summed E-state index contributed by atoms with van der Waals surface area (Å²) in [5.74, 6) is 2.58. The normalized spacial score (nSPS) is 42.7. The van der Waals surface area contributed by atoms with E-state index in [4.69, 9.17) is 0 Å². The van der Waals surface area contributed by atoms with Crippen molar-refractivity contribution in [1.29, 1.82) is 0 Å². The summed E-state index contributed by atoms with van der Waals surface area (Å²) in [7, 11) is 0. The molecule has 1 saturated heterocycles. The molecule has 1 heterocycles.